The summed E-state index contributed by atoms with van der Waals surface area (Å²) in [6.45, 7) is 6.06. The van der Waals surface area contributed by atoms with Crippen molar-refractivity contribution in [3.63, 3.8) is 0 Å². The highest BCUT2D eigenvalue weighted by Crippen LogP contribution is 2.14. The molecule has 0 spiro atoms. The van der Waals surface area contributed by atoms with Crippen LogP contribution in [0.5, 0.6) is 0 Å². The van der Waals surface area contributed by atoms with Gasteiger partial charge in [-0.3, -0.25) is 0 Å². The van der Waals surface area contributed by atoms with E-state index in [0.717, 1.165) is 11.4 Å². The molecule has 1 heterocycles. The lowest BCUT2D eigenvalue weighted by Gasteiger charge is -1.99. The summed E-state index contributed by atoms with van der Waals surface area (Å²) in [6.07, 6.45) is 3.51. The third-order valence-electron chi connectivity index (χ3n) is 1.84. The Morgan fingerprint density at radius 3 is 2.20 bits per heavy atom. The van der Waals surface area contributed by atoms with Gasteiger partial charge in [0.05, 0.1) is 0 Å². The fourth-order valence-electron chi connectivity index (χ4n) is 1.23. The average molecular weight is 200 g/mol. The largest absolute Gasteiger partial charge is 0.237 e. The van der Waals surface area contributed by atoms with Crippen LogP contribution in [0.4, 0.5) is 0 Å². The van der Waals surface area contributed by atoms with Crippen LogP contribution < -0.4 is 0 Å². The number of hydrogen-bond donors (Lipinski definition) is 0. The summed E-state index contributed by atoms with van der Waals surface area (Å²) in [4.78, 5) is 8.36. The first-order chi connectivity index (χ1) is 7.36. The van der Waals surface area contributed by atoms with Gasteiger partial charge in [-0.15, -0.1) is 0 Å². The van der Waals surface area contributed by atoms with Crippen molar-refractivity contribution in [2.45, 2.75) is 20.8 Å². The van der Waals surface area contributed by atoms with E-state index in [9.17, 15) is 0 Å². The lowest BCUT2D eigenvalue weighted by Crippen LogP contribution is -1.86. The Kier molecular flexibility index (Phi) is 4.48. The molecule has 1 aromatic carbocycles. The van der Waals surface area contributed by atoms with Gasteiger partial charge >= 0.3 is 0 Å². The van der Waals surface area contributed by atoms with Crippen LogP contribution in [-0.4, -0.2) is 9.97 Å². The Labute approximate surface area is 91.0 Å². The van der Waals surface area contributed by atoms with Crippen LogP contribution >= 0.6 is 0 Å². The zero-order chi connectivity index (χ0) is 11.1. The Morgan fingerprint density at radius 1 is 0.933 bits per heavy atom. The molecule has 0 atom stereocenters. The van der Waals surface area contributed by atoms with Crippen molar-refractivity contribution in [2.24, 2.45) is 0 Å². The minimum atomic E-state index is 0.784. The fourth-order valence-corrected chi connectivity index (χ4v) is 1.23. The predicted octanol–water partition coefficient (Wildman–Crippen LogP) is 3.48. The molecule has 0 aliphatic carbocycles. The molecule has 0 bridgehead atoms. The molecule has 0 aliphatic rings. The van der Waals surface area contributed by atoms with Crippen LogP contribution in [0.2, 0.25) is 0 Å². The molecule has 0 saturated heterocycles. The second-order valence-corrected chi connectivity index (χ2v) is 2.94. The molecule has 0 unspecified atom stereocenters. The van der Waals surface area contributed by atoms with Gasteiger partial charge in [-0.1, -0.05) is 37.6 Å². The lowest BCUT2D eigenvalue weighted by atomic mass is 10.1. The van der Waals surface area contributed by atoms with Gasteiger partial charge in [0, 0.05) is 18.0 Å². The van der Waals surface area contributed by atoms with E-state index in [1.807, 2.05) is 32.0 Å². The number of aromatic nitrogens is 2. The molecule has 2 heteroatoms. The molecule has 0 fully saturated rings. The van der Waals surface area contributed by atoms with Crippen molar-refractivity contribution in [1.29, 1.82) is 0 Å². The molecule has 0 amide bonds. The number of aryl methyl sites for hydroxylation is 1. The van der Waals surface area contributed by atoms with Crippen LogP contribution in [0.3, 0.4) is 0 Å². The summed E-state index contributed by atoms with van der Waals surface area (Å²) in [5.41, 5.74) is 2.30. The van der Waals surface area contributed by atoms with E-state index in [1.165, 1.54) is 5.56 Å². The van der Waals surface area contributed by atoms with Gasteiger partial charge < -0.3 is 0 Å². The molecule has 78 valence electrons. The molecular weight excluding hydrogens is 184 g/mol. The van der Waals surface area contributed by atoms with Gasteiger partial charge in [-0.25, -0.2) is 9.97 Å². The van der Waals surface area contributed by atoms with Crippen LogP contribution in [0.25, 0.3) is 11.4 Å². The van der Waals surface area contributed by atoms with E-state index in [0.29, 0.717) is 0 Å². The summed E-state index contributed by atoms with van der Waals surface area (Å²) >= 11 is 0. The second kappa shape index (κ2) is 5.91. The Hall–Kier alpha value is -1.70. The minimum Gasteiger partial charge on any atom is -0.237 e. The molecule has 0 N–H and O–H groups in total. The smallest absolute Gasteiger partial charge is 0.159 e. The number of nitrogens with zero attached hydrogens (tertiary/aromatic N) is 2. The van der Waals surface area contributed by atoms with Gasteiger partial charge in [0.1, 0.15) is 0 Å². The van der Waals surface area contributed by atoms with E-state index in [1.54, 1.807) is 12.4 Å². The molecule has 0 radical (unpaired) electrons. The highest BCUT2D eigenvalue weighted by molar-refractivity contribution is 5.55. The van der Waals surface area contributed by atoms with Crippen LogP contribution in [0, 0.1) is 6.92 Å². The quantitative estimate of drug-likeness (QED) is 0.704. The van der Waals surface area contributed by atoms with E-state index in [-0.39, 0.29) is 0 Å². The van der Waals surface area contributed by atoms with Crippen molar-refractivity contribution in [3.05, 3.63) is 48.3 Å². The van der Waals surface area contributed by atoms with E-state index in [2.05, 4.69) is 29.0 Å². The van der Waals surface area contributed by atoms with Crippen molar-refractivity contribution in [3.8, 4) is 11.4 Å². The highest BCUT2D eigenvalue weighted by Gasteiger charge is 1.97. The van der Waals surface area contributed by atoms with E-state index < -0.39 is 0 Å². The van der Waals surface area contributed by atoms with Crippen LogP contribution in [0.15, 0.2) is 42.7 Å². The van der Waals surface area contributed by atoms with Crippen molar-refractivity contribution in [2.75, 3.05) is 0 Å². The monoisotopic (exact) mass is 200 g/mol. The molecule has 0 saturated carbocycles. The van der Waals surface area contributed by atoms with Gasteiger partial charge in [0.15, 0.2) is 5.82 Å². The fraction of sp³-hybridized carbons (Fsp3) is 0.231. The predicted molar refractivity (Wildman–Crippen MR) is 63.6 cm³/mol. The maximum absolute atomic E-state index is 4.18. The number of rotatable bonds is 1. The molecule has 2 nitrogen and oxygen atoms in total. The Balaban J connectivity index is 0.000000531. The van der Waals surface area contributed by atoms with Gasteiger partial charge in [-0.2, -0.15) is 0 Å². The maximum Gasteiger partial charge on any atom is 0.159 e. The first-order valence-corrected chi connectivity index (χ1v) is 5.20. The third-order valence-corrected chi connectivity index (χ3v) is 1.84. The van der Waals surface area contributed by atoms with Gasteiger partial charge in [-0.05, 0) is 19.1 Å². The maximum atomic E-state index is 4.18. The molecule has 1 aromatic heterocycles. The SMILES string of the molecule is CC.Cc1cccc(-c2ncccn2)c1. The summed E-state index contributed by atoms with van der Waals surface area (Å²) in [7, 11) is 0. The highest BCUT2D eigenvalue weighted by atomic mass is 14.8. The first kappa shape index (κ1) is 11.4. The molecular formula is C13H16N2. The minimum absolute atomic E-state index is 0.784. The van der Waals surface area contributed by atoms with E-state index >= 15 is 0 Å². The molecule has 2 rings (SSSR count). The second-order valence-electron chi connectivity index (χ2n) is 2.94. The van der Waals surface area contributed by atoms with Crippen molar-refractivity contribution < 1.29 is 0 Å². The van der Waals surface area contributed by atoms with E-state index in [4.69, 9.17) is 0 Å². The Morgan fingerprint density at radius 2 is 1.60 bits per heavy atom. The summed E-state index contributed by atoms with van der Waals surface area (Å²) in [6, 6.07) is 9.99. The zero-order valence-corrected chi connectivity index (χ0v) is 9.44. The third kappa shape index (κ3) is 3.17. The number of hydrogen-bond acceptors (Lipinski definition) is 2. The van der Waals surface area contributed by atoms with Gasteiger partial charge in [0.25, 0.3) is 0 Å². The number of benzene rings is 1. The molecule has 0 aliphatic heterocycles. The summed E-state index contributed by atoms with van der Waals surface area (Å²) in [5.74, 6) is 0.784. The van der Waals surface area contributed by atoms with Crippen molar-refractivity contribution in [1.82, 2.24) is 9.97 Å². The molecule has 2 aromatic rings. The topological polar surface area (TPSA) is 25.8 Å². The lowest BCUT2D eigenvalue weighted by molar-refractivity contribution is 1.17. The first-order valence-electron chi connectivity index (χ1n) is 5.20. The summed E-state index contributed by atoms with van der Waals surface area (Å²) in [5, 5.41) is 0. The Bertz CT molecular complexity index is 396. The standard InChI is InChI=1S/C11H10N2.C2H6/c1-9-4-2-5-10(8-9)11-12-6-3-7-13-11;1-2/h2-8H,1H3;1-2H3. The normalized spacial score (nSPS) is 9.00. The van der Waals surface area contributed by atoms with Crippen LogP contribution in [-0.2, 0) is 0 Å². The van der Waals surface area contributed by atoms with Gasteiger partial charge in [0.2, 0.25) is 0 Å². The summed E-state index contributed by atoms with van der Waals surface area (Å²) < 4.78 is 0. The van der Waals surface area contributed by atoms with Crippen molar-refractivity contribution >= 4 is 0 Å². The molecule has 15 heavy (non-hydrogen) atoms. The average Bonchev–Trinajstić information content (AvgIpc) is 2.33. The van der Waals surface area contributed by atoms with Crippen LogP contribution in [0.1, 0.15) is 19.4 Å². The zero-order valence-electron chi connectivity index (χ0n) is 9.44.